The molecule has 0 unspecified atom stereocenters. The minimum absolute atomic E-state index is 0.193. The Labute approximate surface area is 159 Å². The molecule has 3 heterocycles. The van der Waals surface area contributed by atoms with Crippen LogP contribution in [0.1, 0.15) is 28.8 Å². The van der Waals surface area contributed by atoms with Gasteiger partial charge in [-0.2, -0.15) is 0 Å². The molecule has 140 valence electrons. The highest BCUT2D eigenvalue weighted by atomic mass is 32.2. The number of nitrogens with one attached hydrogen (secondary N) is 1. The second-order valence-corrected chi connectivity index (χ2v) is 8.29. The number of imidazole rings is 1. The first-order valence-electron chi connectivity index (χ1n) is 8.93. The van der Waals surface area contributed by atoms with E-state index in [1.54, 1.807) is 24.5 Å². The molecule has 2 fully saturated rings. The van der Waals surface area contributed by atoms with Gasteiger partial charge in [-0.1, -0.05) is 12.1 Å². The number of hydrogen-bond donors (Lipinski definition) is 3. The molecule has 8 heteroatoms. The van der Waals surface area contributed by atoms with Crippen LogP contribution in [-0.2, 0) is 0 Å². The average molecular weight is 386 g/mol. The zero-order chi connectivity index (χ0) is 18.5. The number of fused-ring (bicyclic) bond motifs is 1. The molecule has 1 saturated carbocycles. The van der Waals surface area contributed by atoms with Crippen molar-refractivity contribution in [1.29, 1.82) is 0 Å². The van der Waals surface area contributed by atoms with E-state index in [-0.39, 0.29) is 23.0 Å². The lowest BCUT2D eigenvalue weighted by Crippen LogP contribution is -2.25. The molecule has 6 nitrogen and oxygen atoms in total. The number of halogens is 1. The molecule has 1 aromatic carbocycles. The van der Waals surface area contributed by atoms with E-state index in [9.17, 15) is 14.6 Å². The molecule has 0 amide bonds. The van der Waals surface area contributed by atoms with Gasteiger partial charge in [0.15, 0.2) is 11.5 Å². The Bertz CT molecular complexity index is 997. The molecule has 0 radical (unpaired) electrons. The molecule has 3 N–H and O–H groups in total. The van der Waals surface area contributed by atoms with Crippen LogP contribution in [0.3, 0.4) is 0 Å². The van der Waals surface area contributed by atoms with E-state index in [1.807, 2.05) is 16.7 Å². The van der Waals surface area contributed by atoms with Crippen LogP contribution in [0.5, 0.6) is 0 Å². The Hall–Kier alpha value is -2.16. The molecule has 1 aliphatic carbocycles. The Kier molecular flexibility index (Phi) is 4.07. The minimum Gasteiger partial charge on any atom is -0.390 e. The van der Waals surface area contributed by atoms with Gasteiger partial charge in [-0.15, -0.1) is 11.8 Å². The SMILES string of the molecule is O[C@@H]1[C@H](O)CS[C@H]1c1cnc2c(N[C@H]3C[C@@H]3c3cccc(F)c3)nccn12. The van der Waals surface area contributed by atoms with Crippen molar-refractivity contribution >= 4 is 23.2 Å². The second kappa shape index (κ2) is 6.47. The molecule has 5 rings (SSSR count). The number of hydrogen-bond acceptors (Lipinski definition) is 6. The number of thioether (sulfide) groups is 1. The summed E-state index contributed by atoms with van der Waals surface area (Å²) in [7, 11) is 0. The van der Waals surface area contributed by atoms with Crippen LogP contribution >= 0.6 is 11.8 Å². The number of aliphatic hydroxyl groups excluding tert-OH is 2. The molecule has 1 saturated heterocycles. The molecular formula is C19H19FN4O2S. The summed E-state index contributed by atoms with van der Waals surface area (Å²) in [4.78, 5) is 8.91. The fourth-order valence-electron chi connectivity index (χ4n) is 3.75. The lowest BCUT2D eigenvalue weighted by Gasteiger charge is -2.15. The third-order valence-electron chi connectivity index (χ3n) is 5.29. The van der Waals surface area contributed by atoms with Gasteiger partial charge in [0.25, 0.3) is 0 Å². The van der Waals surface area contributed by atoms with E-state index in [2.05, 4.69) is 15.3 Å². The van der Waals surface area contributed by atoms with Crippen LogP contribution in [-0.4, -0.2) is 48.6 Å². The number of benzene rings is 1. The molecular weight excluding hydrogens is 367 g/mol. The van der Waals surface area contributed by atoms with Crippen LogP contribution in [0.15, 0.2) is 42.9 Å². The van der Waals surface area contributed by atoms with Gasteiger partial charge in [-0.25, -0.2) is 14.4 Å². The summed E-state index contributed by atoms with van der Waals surface area (Å²) < 4.78 is 15.4. The fourth-order valence-corrected chi connectivity index (χ4v) is 5.07. The fraction of sp³-hybridized carbons (Fsp3) is 0.368. The Balaban J connectivity index is 1.39. The summed E-state index contributed by atoms with van der Waals surface area (Å²) in [5, 5.41) is 23.2. The highest BCUT2D eigenvalue weighted by Crippen LogP contribution is 2.44. The van der Waals surface area contributed by atoms with Gasteiger partial charge in [-0.3, -0.25) is 4.40 Å². The molecule has 1 aliphatic heterocycles. The smallest absolute Gasteiger partial charge is 0.180 e. The van der Waals surface area contributed by atoms with Crippen LogP contribution < -0.4 is 5.32 Å². The molecule has 0 spiro atoms. The number of rotatable bonds is 4. The monoisotopic (exact) mass is 386 g/mol. The van der Waals surface area contributed by atoms with Crippen molar-refractivity contribution in [3.8, 4) is 0 Å². The van der Waals surface area contributed by atoms with Crippen molar-refractivity contribution in [3.63, 3.8) is 0 Å². The van der Waals surface area contributed by atoms with Crippen LogP contribution in [0.2, 0.25) is 0 Å². The van der Waals surface area contributed by atoms with Crippen molar-refractivity contribution in [2.45, 2.75) is 35.8 Å². The second-order valence-electron chi connectivity index (χ2n) is 7.11. The molecule has 5 atom stereocenters. The predicted molar refractivity (Wildman–Crippen MR) is 101 cm³/mol. The van der Waals surface area contributed by atoms with Crippen molar-refractivity contribution in [2.24, 2.45) is 0 Å². The van der Waals surface area contributed by atoms with Gasteiger partial charge in [-0.05, 0) is 24.1 Å². The summed E-state index contributed by atoms with van der Waals surface area (Å²) in [6, 6.07) is 6.91. The van der Waals surface area contributed by atoms with Crippen molar-refractivity contribution in [3.05, 3.63) is 59.9 Å². The van der Waals surface area contributed by atoms with Gasteiger partial charge in [0.05, 0.1) is 29.3 Å². The predicted octanol–water partition coefficient (Wildman–Crippen LogP) is 2.35. The highest BCUT2D eigenvalue weighted by Gasteiger charge is 2.40. The summed E-state index contributed by atoms with van der Waals surface area (Å²) in [6.07, 6.45) is 4.64. The third kappa shape index (κ3) is 2.97. The zero-order valence-electron chi connectivity index (χ0n) is 14.4. The summed E-state index contributed by atoms with van der Waals surface area (Å²) in [5.41, 5.74) is 2.52. The van der Waals surface area contributed by atoms with Crippen LogP contribution in [0, 0.1) is 5.82 Å². The maximum Gasteiger partial charge on any atom is 0.180 e. The number of anilines is 1. The van der Waals surface area contributed by atoms with Crippen LogP contribution in [0.25, 0.3) is 5.65 Å². The average Bonchev–Trinajstić information content (AvgIpc) is 3.17. The van der Waals surface area contributed by atoms with Gasteiger partial charge >= 0.3 is 0 Å². The summed E-state index contributed by atoms with van der Waals surface area (Å²) >= 11 is 1.53. The first-order chi connectivity index (χ1) is 13.1. The van der Waals surface area contributed by atoms with Gasteiger partial charge in [0.2, 0.25) is 0 Å². The quantitative estimate of drug-likeness (QED) is 0.639. The largest absolute Gasteiger partial charge is 0.390 e. The summed E-state index contributed by atoms with van der Waals surface area (Å²) in [5.74, 6) is 1.23. The van der Waals surface area contributed by atoms with E-state index < -0.39 is 12.2 Å². The maximum absolute atomic E-state index is 13.4. The Morgan fingerprint density at radius 2 is 2.15 bits per heavy atom. The van der Waals surface area contributed by atoms with E-state index in [4.69, 9.17) is 0 Å². The Morgan fingerprint density at radius 3 is 2.93 bits per heavy atom. The topological polar surface area (TPSA) is 82.7 Å². The molecule has 2 aliphatic rings. The van der Waals surface area contributed by atoms with E-state index >= 15 is 0 Å². The standard InChI is InChI=1S/C19H19FN4O2S/c20-11-3-1-2-10(6-11)12-7-13(12)23-18-19-22-8-14(24(19)5-4-21-18)17-16(26)15(25)9-27-17/h1-6,8,12-13,15-17,25-26H,7,9H2,(H,21,23)/t12-,13+,15-,16-,17+/m1/s1. The first-order valence-corrected chi connectivity index (χ1v) is 9.98. The van der Waals surface area contributed by atoms with Crippen LogP contribution in [0.4, 0.5) is 10.2 Å². The van der Waals surface area contributed by atoms with Crippen molar-refractivity contribution < 1.29 is 14.6 Å². The zero-order valence-corrected chi connectivity index (χ0v) is 15.2. The highest BCUT2D eigenvalue weighted by molar-refractivity contribution is 7.99. The molecule has 0 bridgehead atoms. The van der Waals surface area contributed by atoms with Gasteiger partial charge in [0.1, 0.15) is 5.82 Å². The minimum atomic E-state index is -0.805. The normalized spacial score (nSPS) is 30.0. The summed E-state index contributed by atoms with van der Waals surface area (Å²) in [6.45, 7) is 0. The van der Waals surface area contributed by atoms with E-state index in [1.165, 1.54) is 17.8 Å². The maximum atomic E-state index is 13.4. The number of nitrogens with zero attached hydrogens (tertiary/aromatic N) is 3. The van der Waals surface area contributed by atoms with Crippen molar-refractivity contribution in [2.75, 3.05) is 11.1 Å². The van der Waals surface area contributed by atoms with E-state index in [0.29, 0.717) is 17.2 Å². The third-order valence-corrected chi connectivity index (χ3v) is 6.70. The van der Waals surface area contributed by atoms with Gasteiger partial charge < -0.3 is 15.5 Å². The molecule has 3 aromatic rings. The molecule has 2 aromatic heterocycles. The van der Waals surface area contributed by atoms with Gasteiger partial charge in [0, 0.05) is 30.1 Å². The number of aromatic nitrogens is 3. The first kappa shape index (κ1) is 17.0. The number of aliphatic hydroxyl groups is 2. The van der Waals surface area contributed by atoms with E-state index in [0.717, 1.165) is 17.7 Å². The lowest BCUT2D eigenvalue weighted by molar-refractivity contribution is 0.0411. The molecule has 27 heavy (non-hydrogen) atoms. The lowest BCUT2D eigenvalue weighted by atomic mass is 10.1. The van der Waals surface area contributed by atoms with Crippen molar-refractivity contribution in [1.82, 2.24) is 14.4 Å². The Morgan fingerprint density at radius 1 is 1.26 bits per heavy atom.